The van der Waals surface area contributed by atoms with E-state index in [1.165, 1.54) is 12.1 Å². The molecular formula is C19H17FN4O2. The van der Waals surface area contributed by atoms with Crippen LogP contribution in [0.3, 0.4) is 0 Å². The first-order valence-corrected chi connectivity index (χ1v) is 8.39. The molecule has 0 bridgehead atoms. The fraction of sp³-hybridized carbons (Fsp3) is 0.211. The molecule has 7 heteroatoms. The fourth-order valence-corrected chi connectivity index (χ4v) is 2.58. The third-order valence-electron chi connectivity index (χ3n) is 4.07. The molecule has 2 aromatic carbocycles. The number of ether oxygens (including phenoxy) is 1. The van der Waals surface area contributed by atoms with Crippen LogP contribution in [0.1, 0.15) is 24.6 Å². The van der Waals surface area contributed by atoms with Gasteiger partial charge in [0.2, 0.25) is 0 Å². The van der Waals surface area contributed by atoms with Crippen molar-refractivity contribution in [3.63, 3.8) is 0 Å². The molecule has 1 aliphatic rings. The van der Waals surface area contributed by atoms with Gasteiger partial charge in [0.1, 0.15) is 5.82 Å². The van der Waals surface area contributed by atoms with Crippen LogP contribution in [0, 0.1) is 5.82 Å². The van der Waals surface area contributed by atoms with Crippen LogP contribution in [0.25, 0.3) is 11.4 Å². The molecule has 1 heterocycles. The molecule has 3 aromatic rings. The van der Waals surface area contributed by atoms with E-state index in [4.69, 9.17) is 4.74 Å². The number of para-hydroxylation sites is 1. The van der Waals surface area contributed by atoms with E-state index in [1.54, 1.807) is 24.3 Å². The number of aromatic amines is 1. The predicted octanol–water partition coefficient (Wildman–Crippen LogP) is 3.51. The van der Waals surface area contributed by atoms with Gasteiger partial charge in [0.15, 0.2) is 24.0 Å². The van der Waals surface area contributed by atoms with E-state index in [1.807, 2.05) is 12.1 Å². The number of aromatic nitrogens is 3. The standard InChI is InChI=1S/C19H17FN4O2/c20-15-6-1-2-7-16(15)26-11-17(25)21-14-5-3-4-13(10-14)19-22-18(23-24-19)12-8-9-12/h1-7,10,12H,8-9,11H2,(H,21,25)(H,22,23,24). The second kappa shape index (κ2) is 6.95. The van der Waals surface area contributed by atoms with E-state index >= 15 is 0 Å². The first-order chi connectivity index (χ1) is 12.7. The maximum absolute atomic E-state index is 13.5. The highest BCUT2D eigenvalue weighted by Crippen LogP contribution is 2.38. The monoisotopic (exact) mass is 352 g/mol. The van der Waals surface area contributed by atoms with Gasteiger partial charge in [-0.2, -0.15) is 5.10 Å². The number of anilines is 1. The maximum Gasteiger partial charge on any atom is 0.262 e. The van der Waals surface area contributed by atoms with Crippen molar-refractivity contribution in [3.05, 3.63) is 60.2 Å². The van der Waals surface area contributed by atoms with Crippen molar-refractivity contribution >= 4 is 11.6 Å². The van der Waals surface area contributed by atoms with Crippen LogP contribution < -0.4 is 10.1 Å². The van der Waals surface area contributed by atoms with Crippen LogP contribution in [0.15, 0.2) is 48.5 Å². The lowest BCUT2D eigenvalue weighted by atomic mass is 10.2. The molecular weight excluding hydrogens is 335 g/mol. The van der Waals surface area contributed by atoms with Crippen molar-refractivity contribution in [2.45, 2.75) is 18.8 Å². The number of nitrogens with one attached hydrogen (secondary N) is 2. The van der Waals surface area contributed by atoms with E-state index in [0.717, 1.165) is 24.2 Å². The second-order valence-electron chi connectivity index (χ2n) is 6.17. The number of benzene rings is 2. The number of carbonyl (C=O) groups is 1. The largest absolute Gasteiger partial charge is 0.481 e. The van der Waals surface area contributed by atoms with Crippen molar-refractivity contribution in [2.24, 2.45) is 0 Å². The molecule has 1 aliphatic carbocycles. The number of hydrogen-bond acceptors (Lipinski definition) is 4. The number of halogens is 1. The zero-order valence-corrected chi connectivity index (χ0v) is 13.9. The summed E-state index contributed by atoms with van der Waals surface area (Å²) < 4.78 is 18.7. The molecule has 0 spiro atoms. The van der Waals surface area contributed by atoms with Crippen LogP contribution in [-0.2, 0) is 4.79 Å². The first-order valence-electron chi connectivity index (χ1n) is 8.39. The molecule has 1 aromatic heterocycles. The third kappa shape index (κ3) is 3.72. The number of rotatable bonds is 6. The highest BCUT2D eigenvalue weighted by atomic mass is 19.1. The normalized spacial score (nSPS) is 13.4. The molecule has 1 fully saturated rings. The molecule has 132 valence electrons. The lowest BCUT2D eigenvalue weighted by molar-refractivity contribution is -0.118. The molecule has 1 saturated carbocycles. The van der Waals surface area contributed by atoms with Gasteiger partial charge in [-0.1, -0.05) is 24.3 Å². The Morgan fingerprint density at radius 2 is 2.08 bits per heavy atom. The Morgan fingerprint density at radius 3 is 2.88 bits per heavy atom. The summed E-state index contributed by atoms with van der Waals surface area (Å²) in [6, 6.07) is 13.2. The van der Waals surface area contributed by atoms with Gasteiger partial charge >= 0.3 is 0 Å². The summed E-state index contributed by atoms with van der Waals surface area (Å²) in [5.74, 6) is 1.18. The van der Waals surface area contributed by atoms with Crippen molar-refractivity contribution in [3.8, 4) is 17.1 Å². The Hall–Kier alpha value is -3.22. The number of hydrogen-bond donors (Lipinski definition) is 2. The third-order valence-corrected chi connectivity index (χ3v) is 4.07. The number of amides is 1. The average molecular weight is 352 g/mol. The Morgan fingerprint density at radius 1 is 1.23 bits per heavy atom. The Kier molecular flexibility index (Phi) is 4.35. The Bertz CT molecular complexity index is 937. The van der Waals surface area contributed by atoms with Crippen LogP contribution in [0.4, 0.5) is 10.1 Å². The van der Waals surface area contributed by atoms with Crippen molar-refractivity contribution in [1.29, 1.82) is 0 Å². The van der Waals surface area contributed by atoms with E-state index in [0.29, 0.717) is 17.4 Å². The van der Waals surface area contributed by atoms with E-state index in [9.17, 15) is 9.18 Å². The van der Waals surface area contributed by atoms with Crippen LogP contribution in [0.5, 0.6) is 5.75 Å². The van der Waals surface area contributed by atoms with Gasteiger partial charge in [0.25, 0.3) is 5.91 Å². The Balaban J connectivity index is 1.39. The number of nitrogens with zero attached hydrogens (tertiary/aromatic N) is 2. The minimum absolute atomic E-state index is 0.0460. The maximum atomic E-state index is 13.5. The fourth-order valence-electron chi connectivity index (χ4n) is 2.58. The zero-order chi connectivity index (χ0) is 17.9. The van der Waals surface area contributed by atoms with Gasteiger partial charge in [-0.15, -0.1) is 0 Å². The van der Waals surface area contributed by atoms with E-state index in [-0.39, 0.29) is 18.3 Å². The molecule has 26 heavy (non-hydrogen) atoms. The van der Waals surface area contributed by atoms with Gasteiger partial charge in [-0.3, -0.25) is 9.89 Å². The van der Waals surface area contributed by atoms with Gasteiger partial charge < -0.3 is 10.1 Å². The van der Waals surface area contributed by atoms with Crippen molar-refractivity contribution in [1.82, 2.24) is 15.2 Å². The summed E-state index contributed by atoms with van der Waals surface area (Å²) in [7, 11) is 0. The summed E-state index contributed by atoms with van der Waals surface area (Å²) in [6.07, 6.45) is 2.29. The molecule has 0 saturated heterocycles. The highest BCUT2D eigenvalue weighted by molar-refractivity contribution is 5.92. The summed E-state index contributed by atoms with van der Waals surface area (Å²) >= 11 is 0. The summed E-state index contributed by atoms with van der Waals surface area (Å²) in [5.41, 5.74) is 1.41. The minimum Gasteiger partial charge on any atom is -0.481 e. The first kappa shape index (κ1) is 16.3. The zero-order valence-electron chi connectivity index (χ0n) is 13.9. The van der Waals surface area contributed by atoms with E-state index < -0.39 is 5.82 Å². The van der Waals surface area contributed by atoms with Gasteiger partial charge in [-0.05, 0) is 37.1 Å². The van der Waals surface area contributed by atoms with Gasteiger partial charge in [0.05, 0.1) is 0 Å². The van der Waals surface area contributed by atoms with Gasteiger partial charge in [-0.25, -0.2) is 9.37 Å². The van der Waals surface area contributed by atoms with Crippen LogP contribution in [0.2, 0.25) is 0 Å². The lowest BCUT2D eigenvalue weighted by Gasteiger charge is -2.08. The molecule has 0 aliphatic heterocycles. The smallest absolute Gasteiger partial charge is 0.262 e. The summed E-state index contributed by atoms with van der Waals surface area (Å²) in [5, 5.41) is 9.94. The van der Waals surface area contributed by atoms with Crippen LogP contribution >= 0.6 is 0 Å². The minimum atomic E-state index is -0.502. The lowest BCUT2D eigenvalue weighted by Crippen LogP contribution is -2.20. The van der Waals surface area contributed by atoms with Gasteiger partial charge in [0, 0.05) is 17.2 Å². The molecule has 6 nitrogen and oxygen atoms in total. The van der Waals surface area contributed by atoms with Crippen LogP contribution in [-0.4, -0.2) is 27.7 Å². The van der Waals surface area contributed by atoms with Crippen molar-refractivity contribution < 1.29 is 13.9 Å². The molecule has 0 unspecified atom stereocenters. The van der Waals surface area contributed by atoms with Crippen molar-refractivity contribution in [2.75, 3.05) is 11.9 Å². The molecule has 4 rings (SSSR count). The summed E-state index contributed by atoms with van der Waals surface area (Å²) in [4.78, 5) is 16.6. The molecule has 0 atom stereocenters. The van der Waals surface area contributed by atoms with E-state index in [2.05, 4.69) is 20.5 Å². The Labute approximate surface area is 149 Å². The number of carbonyl (C=O) groups excluding carboxylic acids is 1. The SMILES string of the molecule is O=C(COc1ccccc1F)Nc1cccc(-c2n[nH]c(C3CC3)n2)c1. The number of H-pyrrole nitrogens is 1. The summed E-state index contributed by atoms with van der Waals surface area (Å²) in [6.45, 7) is -0.280. The average Bonchev–Trinajstić information content (AvgIpc) is 3.38. The second-order valence-corrected chi connectivity index (χ2v) is 6.17. The molecule has 2 N–H and O–H groups in total. The topological polar surface area (TPSA) is 79.9 Å². The molecule has 1 amide bonds. The predicted molar refractivity (Wildman–Crippen MR) is 94.3 cm³/mol. The highest BCUT2D eigenvalue weighted by Gasteiger charge is 2.27. The molecule has 0 radical (unpaired) electrons. The quantitative estimate of drug-likeness (QED) is 0.711.